The van der Waals surface area contributed by atoms with Crippen LogP contribution in [0.25, 0.3) is 0 Å². The summed E-state index contributed by atoms with van der Waals surface area (Å²) in [5.74, 6) is -0.00256. The maximum Gasteiger partial charge on any atom is 0.317 e. The summed E-state index contributed by atoms with van der Waals surface area (Å²) in [6, 6.07) is 16.7. The molecule has 2 aliphatic rings. The van der Waals surface area contributed by atoms with E-state index >= 15 is 0 Å². The van der Waals surface area contributed by atoms with Gasteiger partial charge in [-0.25, -0.2) is 4.79 Å². The largest absolute Gasteiger partial charge is 0.368 e. The van der Waals surface area contributed by atoms with Gasteiger partial charge in [0.1, 0.15) is 0 Å². The van der Waals surface area contributed by atoms with Crippen LogP contribution in [0.2, 0.25) is 0 Å². The van der Waals surface area contributed by atoms with Gasteiger partial charge in [-0.3, -0.25) is 4.79 Å². The van der Waals surface area contributed by atoms with Crippen LogP contribution in [-0.2, 0) is 4.79 Å². The summed E-state index contributed by atoms with van der Waals surface area (Å²) in [5.41, 5.74) is 4.85. The van der Waals surface area contributed by atoms with Crippen molar-refractivity contribution in [3.05, 3.63) is 65.2 Å². The second-order valence-corrected chi connectivity index (χ2v) is 8.96. The number of hydrogen-bond donors (Lipinski definition) is 1. The fourth-order valence-corrected chi connectivity index (χ4v) is 4.95. The number of aryl methyl sites for hydroxylation is 2. The molecule has 2 atom stereocenters. The van der Waals surface area contributed by atoms with Gasteiger partial charge in [0.2, 0.25) is 5.91 Å². The summed E-state index contributed by atoms with van der Waals surface area (Å²) in [5, 5.41) is 2.89. The van der Waals surface area contributed by atoms with Crippen molar-refractivity contribution < 1.29 is 9.59 Å². The number of nitrogens with zero attached hydrogens (tertiary/aromatic N) is 3. The maximum absolute atomic E-state index is 13.6. The lowest BCUT2D eigenvalue weighted by Crippen LogP contribution is -2.51. The molecule has 6 heteroatoms. The standard InChI is InChI=1S/C26H34N4O2/c1-4-27-26(32)30-17-22(21-11-9-19(2)10-12-21)23(18-30)25(31)29-15-13-28(14-16-29)24-8-6-5-7-20(24)3/h5-12,22-23H,4,13-18H2,1-3H3,(H,27,32)/t22-,23-/m0/s1. The second-order valence-electron chi connectivity index (χ2n) is 8.96. The summed E-state index contributed by atoms with van der Waals surface area (Å²) in [4.78, 5) is 32.3. The molecular weight excluding hydrogens is 400 g/mol. The van der Waals surface area contributed by atoms with Crippen molar-refractivity contribution in [1.29, 1.82) is 0 Å². The van der Waals surface area contributed by atoms with Gasteiger partial charge >= 0.3 is 6.03 Å². The lowest BCUT2D eigenvalue weighted by Gasteiger charge is -2.38. The zero-order chi connectivity index (χ0) is 22.7. The van der Waals surface area contributed by atoms with Gasteiger partial charge in [-0.15, -0.1) is 0 Å². The molecule has 32 heavy (non-hydrogen) atoms. The molecule has 1 N–H and O–H groups in total. The molecule has 3 amide bonds. The van der Waals surface area contributed by atoms with E-state index in [9.17, 15) is 9.59 Å². The number of hydrogen-bond acceptors (Lipinski definition) is 3. The molecule has 0 radical (unpaired) electrons. The first-order chi connectivity index (χ1) is 15.5. The fraction of sp³-hybridized carbons (Fsp3) is 0.462. The number of carbonyl (C=O) groups is 2. The number of rotatable bonds is 4. The van der Waals surface area contributed by atoms with Gasteiger partial charge in [0.25, 0.3) is 0 Å². The summed E-state index contributed by atoms with van der Waals surface area (Å²) in [7, 11) is 0. The topological polar surface area (TPSA) is 55.9 Å². The normalized spacial score (nSPS) is 21.0. The zero-order valence-electron chi connectivity index (χ0n) is 19.4. The van der Waals surface area contributed by atoms with Gasteiger partial charge in [-0.2, -0.15) is 0 Å². The molecule has 4 rings (SSSR count). The van der Waals surface area contributed by atoms with Crippen LogP contribution in [0, 0.1) is 19.8 Å². The molecule has 0 aliphatic carbocycles. The Hall–Kier alpha value is -3.02. The van der Waals surface area contributed by atoms with Crippen molar-refractivity contribution in [3.63, 3.8) is 0 Å². The summed E-state index contributed by atoms with van der Waals surface area (Å²) in [6.07, 6.45) is 0. The van der Waals surface area contributed by atoms with Crippen molar-refractivity contribution >= 4 is 17.6 Å². The second kappa shape index (κ2) is 9.63. The zero-order valence-corrected chi connectivity index (χ0v) is 19.4. The van der Waals surface area contributed by atoms with E-state index in [1.807, 2.05) is 11.8 Å². The third-order valence-electron chi connectivity index (χ3n) is 6.81. The number of anilines is 1. The molecule has 0 unspecified atom stereocenters. The molecule has 2 aliphatic heterocycles. The Morgan fingerprint density at radius 2 is 1.59 bits per heavy atom. The third kappa shape index (κ3) is 4.59. The first kappa shape index (κ1) is 22.2. The minimum atomic E-state index is -0.203. The lowest BCUT2D eigenvalue weighted by molar-refractivity contribution is -0.135. The summed E-state index contributed by atoms with van der Waals surface area (Å²) < 4.78 is 0. The number of piperazine rings is 1. The highest BCUT2D eigenvalue weighted by Crippen LogP contribution is 2.34. The van der Waals surface area contributed by atoms with Gasteiger partial charge in [-0.1, -0.05) is 48.0 Å². The van der Waals surface area contributed by atoms with Crippen LogP contribution in [0.5, 0.6) is 0 Å². The van der Waals surface area contributed by atoms with Crippen molar-refractivity contribution in [2.24, 2.45) is 5.92 Å². The lowest BCUT2D eigenvalue weighted by atomic mass is 9.87. The number of carbonyl (C=O) groups excluding carboxylic acids is 2. The van der Waals surface area contributed by atoms with E-state index in [0.717, 1.165) is 18.7 Å². The van der Waals surface area contributed by atoms with Crippen molar-refractivity contribution in [2.75, 3.05) is 50.7 Å². The van der Waals surface area contributed by atoms with E-state index in [1.165, 1.54) is 16.8 Å². The van der Waals surface area contributed by atoms with Crippen LogP contribution in [0.1, 0.15) is 29.5 Å². The Bertz CT molecular complexity index is 951. The molecule has 2 heterocycles. The van der Waals surface area contributed by atoms with Gasteiger partial charge in [0.05, 0.1) is 5.92 Å². The first-order valence-corrected chi connectivity index (χ1v) is 11.7. The van der Waals surface area contributed by atoms with Crippen LogP contribution in [0.4, 0.5) is 10.5 Å². The van der Waals surface area contributed by atoms with Crippen LogP contribution < -0.4 is 10.2 Å². The molecule has 0 spiro atoms. The molecular formula is C26H34N4O2. The molecule has 2 saturated heterocycles. The van der Waals surface area contributed by atoms with Crippen LogP contribution in [-0.4, -0.2) is 67.6 Å². The fourth-order valence-electron chi connectivity index (χ4n) is 4.95. The van der Waals surface area contributed by atoms with E-state index in [1.54, 1.807) is 4.90 Å². The molecule has 6 nitrogen and oxygen atoms in total. The Morgan fingerprint density at radius 1 is 0.906 bits per heavy atom. The third-order valence-corrected chi connectivity index (χ3v) is 6.81. The van der Waals surface area contributed by atoms with E-state index < -0.39 is 0 Å². The summed E-state index contributed by atoms with van der Waals surface area (Å²) >= 11 is 0. The minimum absolute atomic E-state index is 0.0279. The molecule has 0 bridgehead atoms. The SMILES string of the molecule is CCNC(=O)N1C[C@H](C(=O)N2CCN(c3ccccc3C)CC2)[C@H](c2ccc(C)cc2)C1. The Morgan fingerprint density at radius 3 is 2.25 bits per heavy atom. The van der Waals surface area contributed by atoms with E-state index in [0.29, 0.717) is 32.7 Å². The molecule has 2 aromatic carbocycles. The van der Waals surface area contributed by atoms with Crippen LogP contribution in [0.3, 0.4) is 0 Å². The molecule has 170 valence electrons. The predicted molar refractivity (Wildman–Crippen MR) is 128 cm³/mol. The number of urea groups is 1. The first-order valence-electron chi connectivity index (χ1n) is 11.7. The smallest absolute Gasteiger partial charge is 0.317 e. The van der Waals surface area contributed by atoms with E-state index in [4.69, 9.17) is 0 Å². The Kier molecular flexibility index (Phi) is 6.68. The highest BCUT2D eigenvalue weighted by Gasteiger charge is 2.42. The van der Waals surface area contributed by atoms with Gasteiger partial charge < -0.3 is 20.0 Å². The maximum atomic E-state index is 13.6. The number of para-hydroxylation sites is 1. The number of likely N-dealkylation sites (tertiary alicyclic amines) is 1. The number of nitrogens with one attached hydrogen (secondary N) is 1. The predicted octanol–water partition coefficient (Wildman–Crippen LogP) is 3.40. The van der Waals surface area contributed by atoms with E-state index in [-0.39, 0.29) is 23.8 Å². The van der Waals surface area contributed by atoms with Gasteiger partial charge in [0.15, 0.2) is 0 Å². The summed E-state index contributed by atoms with van der Waals surface area (Å²) in [6.45, 7) is 10.8. The average Bonchev–Trinajstić information content (AvgIpc) is 3.25. The molecule has 2 fully saturated rings. The Labute approximate surface area is 191 Å². The highest BCUT2D eigenvalue weighted by atomic mass is 16.2. The van der Waals surface area contributed by atoms with Gasteiger partial charge in [0, 0.05) is 57.4 Å². The van der Waals surface area contributed by atoms with Crippen molar-refractivity contribution in [3.8, 4) is 0 Å². The van der Waals surface area contributed by atoms with E-state index in [2.05, 4.69) is 72.6 Å². The van der Waals surface area contributed by atoms with Crippen molar-refractivity contribution in [2.45, 2.75) is 26.7 Å². The average molecular weight is 435 g/mol. The van der Waals surface area contributed by atoms with Crippen LogP contribution >= 0.6 is 0 Å². The molecule has 0 saturated carbocycles. The van der Waals surface area contributed by atoms with Crippen molar-refractivity contribution in [1.82, 2.24) is 15.1 Å². The van der Waals surface area contributed by atoms with Crippen LogP contribution in [0.15, 0.2) is 48.5 Å². The quantitative estimate of drug-likeness (QED) is 0.803. The number of amides is 3. The highest BCUT2D eigenvalue weighted by molar-refractivity contribution is 5.83. The molecule has 2 aromatic rings. The number of benzene rings is 2. The monoisotopic (exact) mass is 434 g/mol. The van der Waals surface area contributed by atoms with Gasteiger partial charge in [-0.05, 0) is 38.0 Å². The Balaban J connectivity index is 1.48. The minimum Gasteiger partial charge on any atom is -0.368 e. The molecule has 0 aromatic heterocycles.